The van der Waals surface area contributed by atoms with Gasteiger partial charge in [-0.1, -0.05) is 31.6 Å². The number of Topliss-reactive ketones (excluding diaryl/α,β-unsaturated/α-hetero) is 1. The molecule has 0 bridgehead atoms. The summed E-state index contributed by atoms with van der Waals surface area (Å²) in [6, 6.07) is 6.18. The first-order chi connectivity index (χ1) is 24.2. The van der Waals surface area contributed by atoms with Crippen molar-refractivity contribution in [3.8, 4) is 0 Å². The van der Waals surface area contributed by atoms with E-state index in [0.29, 0.717) is 63.1 Å². The van der Waals surface area contributed by atoms with Crippen LogP contribution in [0.3, 0.4) is 0 Å². The molecule has 0 spiro atoms. The van der Waals surface area contributed by atoms with E-state index in [1.165, 1.54) is 12.1 Å². The highest BCUT2D eigenvalue weighted by atomic mass is 16.9. The Labute approximate surface area is 297 Å². The van der Waals surface area contributed by atoms with Gasteiger partial charge in [-0.15, -0.1) is 10.1 Å². The molecule has 1 heterocycles. The standard InChI is InChI=1S/C37H49N3O11/c1-35-11-9-27(41)19-26(35)7-8-28-29-10-12-37(46,36(29,2)20-30(42)33(28)35)31(43)23-50-32(44)21-39-15-13-38(14-16-39)17-18-49-34(45)25-5-3-24(4-6-25)22-51-40(47)48/h3-6,19,28-30,33,42,46H,7-18,20-23H2,1-2H3/t28-,29-,30-,33+,35-,36-,37-/m0/s1. The number of rotatable bonds is 12. The number of aliphatic hydroxyl groups is 2. The van der Waals surface area contributed by atoms with Crippen LogP contribution in [0.2, 0.25) is 0 Å². The molecule has 7 atom stereocenters. The fourth-order valence-electron chi connectivity index (χ4n) is 10.0. The molecule has 0 amide bonds. The third kappa shape index (κ3) is 7.33. The molecule has 2 N–H and O–H groups in total. The number of ketones is 2. The zero-order valence-corrected chi connectivity index (χ0v) is 29.4. The molecular weight excluding hydrogens is 662 g/mol. The maximum absolute atomic E-state index is 13.6. The fourth-order valence-corrected chi connectivity index (χ4v) is 10.0. The minimum Gasteiger partial charge on any atom is -0.461 e. The lowest BCUT2D eigenvalue weighted by Crippen LogP contribution is -2.62. The summed E-state index contributed by atoms with van der Waals surface area (Å²) in [6.45, 7) is 6.52. The molecule has 51 heavy (non-hydrogen) atoms. The number of piperazine rings is 1. The predicted octanol–water partition coefficient (Wildman–Crippen LogP) is 2.52. The summed E-state index contributed by atoms with van der Waals surface area (Å²) < 4.78 is 10.8. The minimum absolute atomic E-state index is 0.0104. The fraction of sp³-hybridized carbons (Fsp3) is 0.676. The average molecular weight is 712 g/mol. The first-order valence-electron chi connectivity index (χ1n) is 18.0. The third-order valence-corrected chi connectivity index (χ3v) is 12.9. The molecule has 3 saturated carbocycles. The molecule has 5 aliphatic rings. The highest BCUT2D eigenvalue weighted by Gasteiger charge is 2.68. The summed E-state index contributed by atoms with van der Waals surface area (Å²) >= 11 is 0. The van der Waals surface area contributed by atoms with Gasteiger partial charge in [0, 0.05) is 44.6 Å². The topological polar surface area (TPSA) is 186 Å². The molecule has 0 unspecified atom stereocenters. The van der Waals surface area contributed by atoms with Crippen LogP contribution in [-0.4, -0.2) is 113 Å². The summed E-state index contributed by atoms with van der Waals surface area (Å²) in [4.78, 5) is 69.7. The molecular formula is C37H49N3O11. The second-order valence-corrected chi connectivity index (χ2v) is 15.5. The van der Waals surface area contributed by atoms with Gasteiger partial charge in [0.2, 0.25) is 5.78 Å². The van der Waals surface area contributed by atoms with E-state index in [1.54, 1.807) is 18.2 Å². The average Bonchev–Trinajstić information content (AvgIpc) is 3.37. The highest BCUT2D eigenvalue weighted by molar-refractivity contribution is 5.92. The molecule has 4 fully saturated rings. The van der Waals surface area contributed by atoms with Crippen LogP contribution in [0.1, 0.15) is 74.7 Å². The molecule has 1 saturated heterocycles. The Hall–Kier alpha value is -3.72. The molecule has 14 nitrogen and oxygen atoms in total. The molecule has 278 valence electrons. The first kappa shape index (κ1) is 37.1. The first-order valence-corrected chi connectivity index (χ1v) is 18.0. The normalized spacial score (nSPS) is 33.6. The van der Waals surface area contributed by atoms with Crippen LogP contribution >= 0.6 is 0 Å². The Kier molecular flexibility index (Phi) is 10.7. The molecule has 0 aromatic heterocycles. The van der Waals surface area contributed by atoms with Gasteiger partial charge in [-0.3, -0.25) is 24.2 Å². The van der Waals surface area contributed by atoms with Crippen molar-refractivity contribution in [3.05, 3.63) is 57.2 Å². The van der Waals surface area contributed by atoms with Crippen LogP contribution in [0, 0.1) is 38.7 Å². The lowest BCUT2D eigenvalue weighted by molar-refractivity contribution is -0.763. The molecule has 1 aromatic rings. The third-order valence-electron chi connectivity index (χ3n) is 12.9. The van der Waals surface area contributed by atoms with Gasteiger partial charge >= 0.3 is 11.9 Å². The van der Waals surface area contributed by atoms with Gasteiger partial charge < -0.3 is 24.5 Å². The number of benzene rings is 1. The summed E-state index contributed by atoms with van der Waals surface area (Å²) in [5.74, 6) is -1.25. The summed E-state index contributed by atoms with van der Waals surface area (Å²) in [7, 11) is 0. The Morgan fingerprint density at radius 1 is 1.00 bits per heavy atom. The van der Waals surface area contributed by atoms with Crippen LogP contribution in [0.15, 0.2) is 35.9 Å². The van der Waals surface area contributed by atoms with E-state index in [9.17, 15) is 39.5 Å². The van der Waals surface area contributed by atoms with Crippen LogP contribution < -0.4 is 0 Å². The van der Waals surface area contributed by atoms with Gasteiger partial charge in [-0.25, -0.2) is 4.79 Å². The van der Waals surface area contributed by atoms with Gasteiger partial charge in [0.1, 0.15) is 18.8 Å². The molecule has 1 aliphatic heterocycles. The van der Waals surface area contributed by atoms with E-state index in [0.717, 1.165) is 18.4 Å². The Bertz CT molecular complexity index is 1560. The van der Waals surface area contributed by atoms with Gasteiger partial charge in [-0.05, 0) is 85.5 Å². The summed E-state index contributed by atoms with van der Waals surface area (Å²) in [5.41, 5.74) is -0.784. The number of nitrogens with zero attached hydrogens (tertiary/aromatic N) is 3. The number of hydrogen-bond donors (Lipinski definition) is 2. The van der Waals surface area contributed by atoms with E-state index in [1.807, 2.05) is 11.8 Å². The van der Waals surface area contributed by atoms with Crippen molar-refractivity contribution in [1.82, 2.24) is 9.80 Å². The van der Waals surface area contributed by atoms with Crippen LogP contribution in [0.4, 0.5) is 0 Å². The lowest BCUT2D eigenvalue weighted by atomic mass is 9.45. The van der Waals surface area contributed by atoms with Crippen molar-refractivity contribution in [2.45, 2.75) is 77.1 Å². The number of carbonyl (C=O) groups is 4. The van der Waals surface area contributed by atoms with E-state index in [-0.39, 0.29) is 61.6 Å². The minimum atomic E-state index is -1.70. The summed E-state index contributed by atoms with van der Waals surface area (Å²) in [5, 5.41) is 33.0. The van der Waals surface area contributed by atoms with Crippen molar-refractivity contribution in [2.24, 2.45) is 28.6 Å². The highest BCUT2D eigenvalue weighted by Crippen LogP contribution is 2.67. The second-order valence-electron chi connectivity index (χ2n) is 15.5. The number of allylic oxidation sites excluding steroid dienone is 1. The number of ether oxygens (including phenoxy) is 2. The van der Waals surface area contributed by atoms with Crippen molar-refractivity contribution in [2.75, 3.05) is 52.5 Å². The second kappa shape index (κ2) is 14.7. The monoisotopic (exact) mass is 711 g/mol. The van der Waals surface area contributed by atoms with Crippen molar-refractivity contribution in [1.29, 1.82) is 0 Å². The van der Waals surface area contributed by atoms with Crippen LogP contribution in [0.25, 0.3) is 0 Å². The zero-order valence-electron chi connectivity index (χ0n) is 29.4. The van der Waals surface area contributed by atoms with E-state index in [4.69, 9.17) is 9.47 Å². The Balaban J connectivity index is 0.928. The maximum Gasteiger partial charge on any atom is 0.338 e. The van der Waals surface area contributed by atoms with Crippen molar-refractivity contribution in [3.63, 3.8) is 0 Å². The summed E-state index contributed by atoms with van der Waals surface area (Å²) in [6.07, 6.45) is 5.09. The van der Waals surface area contributed by atoms with E-state index >= 15 is 0 Å². The van der Waals surface area contributed by atoms with Crippen LogP contribution in [-0.2, 0) is 35.3 Å². The zero-order chi connectivity index (χ0) is 36.6. The Morgan fingerprint density at radius 3 is 2.41 bits per heavy atom. The quantitative estimate of drug-likeness (QED) is 0.183. The Morgan fingerprint density at radius 2 is 1.71 bits per heavy atom. The van der Waals surface area contributed by atoms with Gasteiger partial charge in [-0.2, -0.15) is 0 Å². The smallest absolute Gasteiger partial charge is 0.338 e. The number of hydrogen-bond acceptors (Lipinski definition) is 13. The SMILES string of the molecule is C[C@]12CCC(=O)C=C1CC[C@@H]1[C@@H]2[C@@H](O)C[C@@]2(C)[C@H]1CC[C@]2(O)C(=O)COC(=O)CN1CCN(CCOC(=O)c2ccc(CO[N+](=O)[O-])cc2)CC1. The van der Waals surface area contributed by atoms with Crippen molar-refractivity contribution < 1.29 is 48.8 Å². The molecule has 1 aromatic carbocycles. The number of esters is 2. The number of fused-ring (bicyclic) bond motifs is 5. The number of carbonyl (C=O) groups excluding carboxylic acids is 4. The number of aliphatic hydroxyl groups excluding tert-OH is 1. The molecule has 0 radical (unpaired) electrons. The van der Waals surface area contributed by atoms with Gasteiger partial charge in [0.05, 0.1) is 18.2 Å². The largest absolute Gasteiger partial charge is 0.461 e. The molecule has 4 aliphatic carbocycles. The maximum atomic E-state index is 13.6. The van der Waals surface area contributed by atoms with Crippen LogP contribution in [0.5, 0.6) is 0 Å². The lowest BCUT2D eigenvalue weighted by Gasteiger charge is -2.60. The van der Waals surface area contributed by atoms with E-state index < -0.39 is 46.5 Å². The predicted molar refractivity (Wildman–Crippen MR) is 180 cm³/mol. The molecule has 14 heteroatoms. The van der Waals surface area contributed by atoms with Gasteiger partial charge in [0.15, 0.2) is 12.4 Å². The van der Waals surface area contributed by atoms with Crippen molar-refractivity contribution >= 4 is 23.5 Å². The van der Waals surface area contributed by atoms with Gasteiger partial charge in [0.25, 0.3) is 5.09 Å². The van der Waals surface area contributed by atoms with E-state index in [2.05, 4.69) is 16.7 Å². The molecule has 6 rings (SSSR count).